The standard InChI is InChI=1S/C14H26N2O/c1-16(11-13-6-8-15-9-7-13)14(17)10-12-4-2-3-5-12/h12-13,15H,2-11H2,1H3. The Bertz CT molecular complexity index is 243. The molecule has 3 nitrogen and oxygen atoms in total. The molecule has 0 spiro atoms. The Kier molecular flexibility index (Phi) is 4.84. The second kappa shape index (κ2) is 6.39. The summed E-state index contributed by atoms with van der Waals surface area (Å²) in [5.74, 6) is 1.77. The van der Waals surface area contributed by atoms with E-state index in [4.69, 9.17) is 0 Å². The highest BCUT2D eigenvalue weighted by Crippen LogP contribution is 2.28. The number of carbonyl (C=O) groups excluding carboxylic acids is 1. The molecule has 1 aliphatic heterocycles. The van der Waals surface area contributed by atoms with Gasteiger partial charge in [-0.2, -0.15) is 0 Å². The highest BCUT2D eigenvalue weighted by atomic mass is 16.2. The fraction of sp³-hybridized carbons (Fsp3) is 0.929. The number of hydrogen-bond donors (Lipinski definition) is 1. The molecule has 0 unspecified atom stereocenters. The topological polar surface area (TPSA) is 32.3 Å². The van der Waals surface area contributed by atoms with Crippen molar-refractivity contribution in [2.75, 3.05) is 26.7 Å². The van der Waals surface area contributed by atoms with Crippen LogP contribution in [0.15, 0.2) is 0 Å². The van der Waals surface area contributed by atoms with Crippen LogP contribution in [0.25, 0.3) is 0 Å². The van der Waals surface area contributed by atoms with Crippen LogP contribution in [0.1, 0.15) is 44.9 Å². The molecule has 1 N–H and O–H groups in total. The van der Waals surface area contributed by atoms with E-state index in [1.165, 1.54) is 38.5 Å². The van der Waals surface area contributed by atoms with Gasteiger partial charge < -0.3 is 10.2 Å². The molecule has 17 heavy (non-hydrogen) atoms. The summed E-state index contributed by atoms with van der Waals surface area (Å²) in [4.78, 5) is 14.1. The van der Waals surface area contributed by atoms with Gasteiger partial charge >= 0.3 is 0 Å². The smallest absolute Gasteiger partial charge is 0.222 e. The Balaban J connectivity index is 1.70. The lowest BCUT2D eigenvalue weighted by atomic mass is 9.97. The van der Waals surface area contributed by atoms with Crippen LogP contribution in [0.2, 0.25) is 0 Å². The molecule has 0 aromatic carbocycles. The van der Waals surface area contributed by atoms with E-state index in [1.54, 1.807) is 0 Å². The number of nitrogens with zero attached hydrogens (tertiary/aromatic N) is 1. The zero-order chi connectivity index (χ0) is 12.1. The van der Waals surface area contributed by atoms with Crippen LogP contribution in [-0.2, 0) is 4.79 Å². The fourth-order valence-corrected chi connectivity index (χ4v) is 3.17. The summed E-state index contributed by atoms with van der Waals surface area (Å²) in [6.07, 6.45) is 8.44. The zero-order valence-corrected chi connectivity index (χ0v) is 11.1. The summed E-state index contributed by atoms with van der Waals surface area (Å²) in [6, 6.07) is 0. The van der Waals surface area contributed by atoms with Gasteiger partial charge in [-0.15, -0.1) is 0 Å². The van der Waals surface area contributed by atoms with E-state index in [1.807, 2.05) is 11.9 Å². The van der Waals surface area contributed by atoms with Crippen molar-refractivity contribution in [3.63, 3.8) is 0 Å². The molecule has 98 valence electrons. The number of nitrogens with one attached hydrogen (secondary N) is 1. The summed E-state index contributed by atoms with van der Waals surface area (Å²) in [5.41, 5.74) is 0. The molecule has 1 amide bonds. The summed E-state index contributed by atoms with van der Waals surface area (Å²) in [7, 11) is 1.99. The van der Waals surface area contributed by atoms with Crippen LogP contribution in [0.3, 0.4) is 0 Å². The van der Waals surface area contributed by atoms with Gasteiger partial charge in [-0.3, -0.25) is 4.79 Å². The highest BCUT2D eigenvalue weighted by molar-refractivity contribution is 5.76. The monoisotopic (exact) mass is 238 g/mol. The Morgan fingerprint density at radius 3 is 2.41 bits per heavy atom. The molecular weight excluding hydrogens is 212 g/mol. The Morgan fingerprint density at radius 2 is 1.76 bits per heavy atom. The largest absolute Gasteiger partial charge is 0.345 e. The summed E-state index contributed by atoms with van der Waals surface area (Å²) < 4.78 is 0. The average molecular weight is 238 g/mol. The maximum absolute atomic E-state index is 12.1. The van der Waals surface area contributed by atoms with E-state index in [2.05, 4.69) is 5.32 Å². The molecule has 0 bridgehead atoms. The van der Waals surface area contributed by atoms with E-state index in [0.717, 1.165) is 26.1 Å². The molecule has 2 aliphatic rings. The van der Waals surface area contributed by atoms with Crippen molar-refractivity contribution < 1.29 is 4.79 Å². The average Bonchev–Trinajstić information content (AvgIpc) is 2.83. The van der Waals surface area contributed by atoms with Crippen LogP contribution < -0.4 is 5.32 Å². The minimum atomic E-state index is 0.371. The van der Waals surface area contributed by atoms with Crippen molar-refractivity contribution in [3.8, 4) is 0 Å². The second-order valence-corrected chi connectivity index (χ2v) is 5.82. The Labute approximate surface area is 105 Å². The first-order valence-corrected chi connectivity index (χ1v) is 7.20. The minimum Gasteiger partial charge on any atom is -0.345 e. The van der Waals surface area contributed by atoms with E-state index in [9.17, 15) is 4.79 Å². The van der Waals surface area contributed by atoms with Crippen LogP contribution in [-0.4, -0.2) is 37.5 Å². The van der Waals surface area contributed by atoms with Gasteiger partial charge in [-0.25, -0.2) is 0 Å². The zero-order valence-electron chi connectivity index (χ0n) is 11.1. The second-order valence-electron chi connectivity index (χ2n) is 5.82. The molecule has 1 heterocycles. The van der Waals surface area contributed by atoms with E-state index >= 15 is 0 Å². The summed E-state index contributed by atoms with van der Waals surface area (Å²) >= 11 is 0. The van der Waals surface area contributed by atoms with Gasteiger partial charge in [-0.1, -0.05) is 12.8 Å². The normalized spacial score (nSPS) is 22.9. The molecule has 0 radical (unpaired) electrons. The molecule has 3 heteroatoms. The fourth-order valence-electron chi connectivity index (χ4n) is 3.17. The third kappa shape index (κ3) is 3.98. The van der Waals surface area contributed by atoms with Crippen molar-refractivity contribution in [1.82, 2.24) is 10.2 Å². The summed E-state index contributed by atoms with van der Waals surface area (Å²) in [5, 5.41) is 3.37. The van der Waals surface area contributed by atoms with Crippen molar-refractivity contribution in [3.05, 3.63) is 0 Å². The van der Waals surface area contributed by atoms with E-state index < -0.39 is 0 Å². The molecule has 1 saturated carbocycles. The minimum absolute atomic E-state index is 0.371. The molecule has 2 rings (SSSR count). The lowest BCUT2D eigenvalue weighted by Gasteiger charge is -2.28. The van der Waals surface area contributed by atoms with Gasteiger partial charge in [0.2, 0.25) is 5.91 Å². The maximum Gasteiger partial charge on any atom is 0.222 e. The first-order chi connectivity index (χ1) is 8.25. The van der Waals surface area contributed by atoms with Crippen LogP contribution in [0.4, 0.5) is 0 Å². The van der Waals surface area contributed by atoms with E-state index in [0.29, 0.717) is 17.7 Å². The van der Waals surface area contributed by atoms with Crippen molar-refractivity contribution in [1.29, 1.82) is 0 Å². The third-order valence-corrected chi connectivity index (χ3v) is 4.35. The van der Waals surface area contributed by atoms with Gasteiger partial charge in [0.15, 0.2) is 0 Å². The number of piperidine rings is 1. The van der Waals surface area contributed by atoms with Crippen LogP contribution in [0.5, 0.6) is 0 Å². The van der Waals surface area contributed by atoms with Gasteiger partial charge in [0, 0.05) is 20.0 Å². The summed E-state index contributed by atoms with van der Waals surface area (Å²) in [6.45, 7) is 3.21. The quantitative estimate of drug-likeness (QED) is 0.812. The molecule has 1 aliphatic carbocycles. The highest BCUT2D eigenvalue weighted by Gasteiger charge is 2.22. The van der Waals surface area contributed by atoms with Crippen molar-refractivity contribution in [2.24, 2.45) is 11.8 Å². The first-order valence-electron chi connectivity index (χ1n) is 7.20. The molecule has 0 aromatic heterocycles. The Hall–Kier alpha value is -0.570. The first kappa shape index (κ1) is 12.9. The molecular formula is C14H26N2O. The van der Waals surface area contributed by atoms with E-state index in [-0.39, 0.29) is 0 Å². The van der Waals surface area contributed by atoms with Gasteiger partial charge in [0.1, 0.15) is 0 Å². The lowest BCUT2D eigenvalue weighted by molar-refractivity contribution is -0.131. The SMILES string of the molecule is CN(CC1CCNCC1)C(=O)CC1CCCC1. The van der Waals surface area contributed by atoms with Crippen LogP contribution >= 0.6 is 0 Å². The van der Waals surface area contributed by atoms with Gasteiger partial charge in [-0.05, 0) is 50.6 Å². The lowest BCUT2D eigenvalue weighted by Crippen LogP contribution is -2.37. The number of carbonyl (C=O) groups is 1. The predicted molar refractivity (Wildman–Crippen MR) is 69.8 cm³/mol. The van der Waals surface area contributed by atoms with Crippen molar-refractivity contribution in [2.45, 2.75) is 44.9 Å². The number of rotatable bonds is 4. The van der Waals surface area contributed by atoms with Gasteiger partial charge in [0.05, 0.1) is 0 Å². The molecule has 2 fully saturated rings. The predicted octanol–water partition coefficient (Wildman–Crippen LogP) is 2.02. The maximum atomic E-state index is 12.1. The number of amides is 1. The van der Waals surface area contributed by atoms with Crippen molar-refractivity contribution >= 4 is 5.91 Å². The number of hydrogen-bond acceptors (Lipinski definition) is 2. The molecule has 0 aromatic rings. The van der Waals surface area contributed by atoms with Gasteiger partial charge in [0.25, 0.3) is 0 Å². The van der Waals surface area contributed by atoms with Crippen LogP contribution in [0, 0.1) is 11.8 Å². The Morgan fingerprint density at radius 1 is 1.12 bits per heavy atom. The molecule has 1 saturated heterocycles. The third-order valence-electron chi connectivity index (χ3n) is 4.35. The molecule has 0 atom stereocenters.